The summed E-state index contributed by atoms with van der Waals surface area (Å²) in [7, 11) is 0.379. The van der Waals surface area contributed by atoms with Crippen LogP contribution in [0.15, 0.2) is 59.5 Å². The maximum Gasteiger partial charge on any atom is 0.304 e. The van der Waals surface area contributed by atoms with E-state index in [2.05, 4.69) is 0 Å². The maximum atomic E-state index is 14.8. The summed E-state index contributed by atoms with van der Waals surface area (Å²) in [6, 6.07) is 16.1. The SMILES string of the molecule is CC[C@@H]1CN(Cc2cc(C(CC(=O)O)c3cc(CN(C)C)c(F)cc3C)ccc2C)S(O)(O)c2ccccc2O1. The number of fused-ring (bicyclic) bond motifs is 1. The van der Waals surface area contributed by atoms with Crippen molar-refractivity contribution in [2.75, 3.05) is 20.6 Å². The smallest absolute Gasteiger partial charge is 0.304 e. The van der Waals surface area contributed by atoms with Crippen LogP contribution in [-0.2, 0) is 17.9 Å². The van der Waals surface area contributed by atoms with E-state index in [1.165, 1.54) is 6.07 Å². The molecule has 0 saturated carbocycles. The number of para-hydroxylation sites is 1. The molecule has 1 heterocycles. The highest BCUT2D eigenvalue weighted by Crippen LogP contribution is 2.57. The molecule has 3 aromatic rings. The standard InChI is InChI=1S/C31H39FN2O5S/c1-6-25-19-34(40(37,38)30-10-8-7-9-29(30)39-25)18-23-14-22(12-11-20(23)2)27(16-31(35)36)26-15-24(17-33(4)5)28(32)13-21(26)3/h7-15,25,27,37-38H,6,16-19H2,1-5H3,(H,35,36)/t25-,27?/m1/s1. The molecule has 4 rings (SSSR count). The zero-order valence-electron chi connectivity index (χ0n) is 23.7. The van der Waals surface area contributed by atoms with Gasteiger partial charge in [0.2, 0.25) is 0 Å². The zero-order valence-corrected chi connectivity index (χ0v) is 24.5. The van der Waals surface area contributed by atoms with Crippen LogP contribution >= 0.6 is 10.8 Å². The van der Waals surface area contributed by atoms with Crippen molar-refractivity contribution in [3.05, 3.63) is 93.8 Å². The molecule has 1 aliphatic rings. The van der Waals surface area contributed by atoms with Gasteiger partial charge in [0.05, 0.1) is 13.0 Å². The van der Waals surface area contributed by atoms with Crippen LogP contribution in [0.5, 0.6) is 5.75 Å². The first-order valence-corrected chi connectivity index (χ1v) is 14.9. The number of halogens is 1. The van der Waals surface area contributed by atoms with Crippen LogP contribution in [0.3, 0.4) is 0 Å². The van der Waals surface area contributed by atoms with Crippen LogP contribution in [0.25, 0.3) is 0 Å². The largest absolute Gasteiger partial charge is 0.487 e. The van der Waals surface area contributed by atoms with Gasteiger partial charge in [-0.15, -0.1) is 10.8 Å². The Morgan fingerprint density at radius 1 is 1.10 bits per heavy atom. The van der Waals surface area contributed by atoms with E-state index in [0.717, 1.165) is 22.3 Å². The number of aryl methyl sites for hydroxylation is 2. The Morgan fingerprint density at radius 2 is 1.82 bits per heavy atom. The summed E-state index contributed by atoms with van der Waals surface area (Å²) < 4.78 is 45.4. The number of nitrogens with zero attached hydrogens (tertiary/aromatic N) is 2. The second kappa shape index (κ2) is 12.3. The van der Waals surface area contributed by atoms with Crippen LogP contribution in [0.4, 0.5) is 4.39 Å². The number of aliphatic carboxylic acids is 1. The van der Waals surface area contributed by atoms with E-state index >= 15 is 0 Å². The molecule has 0 radical (unpaired) electrons. The summed E-state index contributed by atoms with van der Waals surface area (Å²) in [4.78, 5) is 14.2. The molecule has 1 unspecified atom stereocenters. The van der Waals surface area contributed by atoms with Gasteiger partial charge in [-0.3, -0.25) is 13.9 Å². The molecule has 0 fully saturated rings. The predicted molar refractivity (Wildman–Crippen MR) is 156 cm³/mol. The predicted octanol–water partition coefficient (Wildman–Crippen LogP) is 6.81. The minimum Gasteiger partial charge on any atom is -0.487 e. The fraction of sp³-hybridized carbons (Fsp3) is 0.387. The van der Waals surface area contributed by atoms with Gasteiger partial charge in [-0.2, -0.15) is 4.31 Å². The second-order valence-electron chi connectivity index (χ2n) is 10.8. The van der Waals surface area contributed by atoms with Crippen molar-refractivity contribution in [3.63, 3.8) is 0 Å². The third-order valence-electron chi connectivity index (χ3n) is 7.46. The summed E-state index contributed by atoms with van der Waals surface area (Å²) in [6.45, 7) is 6.71. The average Bonchev–Trinajstić information content (AvgIpc) is 2.99. The summed E-state index contributed by atoms with van der Waals surface area (Å²) in [5, 5.41) is 9.83. The lowest BCUT2D eigenvalue weighted by Gasteiger charge is -2.42. The lowest BCUT2D eigenvalue weighted by atomic mass is 9.84. The Balaban J connectivity index is 1.75. The lowest BCUT2D eigenvalue weighted by Crippen LogP contribution is -2.34. The molecule has 1 aliphatic heterocycles. The highest BCUT2D eigenvalue weighted by Gasteiger charge is 2.35. The quantitative estimate of drug-likeness (QED) is 0.260. The van der Waals surface area contributed by atoms with Gasteiger partial charge in [-0.1, -0.05) is 43.3 Å². The summed E-state index contributed by atoms with van der Waals surface area (Å²) in [5.41, 5.74) is 4.55. The Kier molecular flexibility index (Phi) is 9.22. The van der Waals surface area contributed by atoms with Crippen molar-refractivity contribution in [3.8, 4) is 5.75 Å². The lowest BCUT2D eigenvalue weighted by molar-refractivity contribution is -0.137. The molecule has 216 valence electrons. The van der Waals surface area contributed by atoms with Crippen molar-refractivity contribution >= 4 is 16.7 Å². The topological polar surface area (TPSA) is 93.5 Å². The number of carbonyl (C=O) groups is 1. The van der Waals surface area contributed by atoms with Crippen molar-refractivity contribution in [2.45, 2.75) is 63.6 Å². The fourth-order valence-electron chi connectivity index (χ4n) is 5.25. The molecule has 3 aromatic carbocycles. The fourth-order valence-corrected chi connectivity index (χ4v) is 6.87. The molecule has 9 heteroatoms. The molecule has 0 spiro atoms. The first kappa shape index (κ1) is 30.0. The van der Waals surface area contributed by atoms with Gasteiger partial charge >= 0.3 is 5.97 Å². The Hall–Kier alpha value is -2.95. The Bertz CT molecular complexity index is 1380. The zero-order chi connectivity index (χ0) is 29.2. The first-order valence-electron chi connectivity index (χ1n) is 13.4. The second-order valence-corrected chi connectivity index (χ2v) is 12.8. The van der Waals surface area contributed by atoms with Gasteiger partial charge in [0.1, 0.15) is 22.6 Å². The minimum absolute atomic E-state index is 0.158. The molecule has 0 aliphatic carbocycles. The number of hydrogen-bond acceptors (Lipinski definition) is 6. The summed E-state index contributed by atoms with van der Waals surface area (Å²) in [6.07, 6.45) is 0.309. The molecule has 7 nitrogen and oxygen atoms in total. The molecule has 40 heavy (non-hydrogen) atoms. The van der Waals surface area contributed by atoms with E-state index in [0.29, 0.717) is 41.3 Å². The van der Waals surface area contributed by atoms with Crippen LogP contribution in [0, 0.1) is 19.7 Å². The normalized spacial score (nSPS) is 18.5. The van der Waals surface area contributed by atoms with Crippen LogP contribution in [0.1, 0.15) is 59.1 Å². The number of hydrogen-bond donors (Lipinski definition) is 3. The molecule has 0 amide bonds. The number of ether oxygens (including phenoxy) is 1. The first-order chi connectivity index (χ1) is 18.9. The number of carboxylic acid groups (broad SMARTS) is 1. The summed E-state index contributed by atoms with van der Waals surface area (Å²) in [5.74, 6) is -1.29. The van der Waals surface area contributed by atoms with Gasteiger partial charge in [0, 0.05) is 24.6 Å². The van der Waals surface area contributed by atoms with Crippen LogP contribution in [0.2, 0.25) is 0 Å². The Labute approximate surface area is 237 Å². The highest BCUT2D eigenvalue weighted by molar-refractivity contribution is 8.22. The molecule has 2 atom stereocenters. The van der Waals surface area contributed by atoms with Crippen molar-refractivity contribution in [2.24, 2.45) is 0 Å². The highest BCUT2D eigenvalue weighted by atomic mass is 32.3. The molecule has 0 aromatic heterocycles. The molecule has 0 bridgehead atoms. The summed E-state index contributed by atoms with van der Waals surface area (Å²) >= 11 is 0. The van der Waals surface area contributed by atoms with Crippen LogP contribution in [-0.4, -0.2) is 56.1 Å². The maximum absolute atomic E-state index is 14.8. The van der Waals surface area contributed by atoms with Crippen LogP contribution < -0.4 is 4.74 Å². The van der Waals surface area contributed by atoms with E-state index < -0.39 is 22.7 Å². The van der Waals surface area contributed by atoms with E-state index in [1.54, 1.807) is 35.5 Å². The van der Waals surface area contributed by atoms with Gasteiger partial charge < -0.3 is 14.7 Å². The van der Waals surface area contributed by atoms with Gasteiger partial charge in [0.25, 0.3) is 0 Å². The molecular weight excluding hydrogens is 531 g/mol. The van der Waals surface area contributed by atoms with Crippen molar-refractivity contribution in [1.82, 2.24) is 9.21 Å². The Morgan fingerprint density at radius 3 is 2.50 bits per heavy atom. The average molecular weight is 571 g/mol. The van der Waals surface area contributed by atoms with Gasteiger partial charge in [-0.25, -0.2) is 4.39 Å². The molecule has 3 N–H and O–H groups in total. The number of carboxylic acids is 1. The van der Waals surface area contributed by atoms with E-state index in [4.69, 9.17) is 4.74 Å². The van der Waals surface area contributed by atoms with E-state index in [9.17, 15) is 23.4 Å². The third-order valence-corrected chi connectivity index (χ3v) is 9.38. The van der Waals surface area contributed by atoms with E-state index in [1.807, 2.05) is 57.1 Å². The number of rotatable bonds is 9. The monoisotopic (exact) mass is 570 g/mol. The minimum atomic E-state index is -3.34. The van der Waals surface area contributed by atoms with Gasteiger partial charge in [0.15, 0.2) is 0 Å². The molecule has 0 saturated heterocycles. The van der Waals surface area contributed by atoms with Gasteiger partial charge in [-0.05, 0) is 80.4 Å². The third kappa shape index (κ3) is 6.50. The van der Waals surface area contributed by atoms with Crippen molar-refractivity contribution in [1.29, 1.82) is 0 Å². The molecular formula is C31H39FN2O5S. The van der Waals surface area contributed by atoms with E-state index in [-0.39, 0.29) is 24.9 Å². The van der Waals surface area contributed by atoms with Crippen molar-refractivity contribution < 1.29 is 28.1 Å². The number of benzene rings is 3.